The van der Waals surface area contributed by atoms with Gasteiger partial charge in [-0.2, -0.15) is 0 Å². The van der Waals surface area contributed by atoms with Crippen molar-refractivity contribution in [1.29, 1.82) is 0 Å². The predicted octanol–water partition coefficient (Wildman–Crippen LogP) is -1.04. The molecule has 0 radical (unpaired) electrons. The zero-order valence-corrected chi connectivity index (χ0v) is 16.8. The molecular formula is C20H28O10. The van der Waals surface area contributed by atoms with E-state index in [4.69, 9.17) is 19.3 Å². The highest BCUT2D eigenvalue weighted by atomic mass is 16.7. The summed E-state index contributed by atoms with van der Waals surface area (Å²) >= 11 is 0. The van der Waals surface area contributed by atoms with Gasteiger partial charge in [0.05, 0.1) is 12.2 Å². The van der Waals surface area contributed by atoms with E-state index in [-0.39, 0.29) is 25.0 Å². The van der Waals surface area contributed by atoms with Gasteiger partial charge in [-0.3, -0.25) is 4.79 Å². The van der Waals surface area contributed by atoms with Gasteiger partial charge in [-0.15, -0.1) is 0 Å². The van der Waals surface area contributed by atoms with Gasteiger partial charge >= 0.3 is 5.97 Å². The maximum atomic E-state index is 11.1. The molecule has 0 spiro atoms. The average Bonchev–Trinajstić information content (AvgIpc) is 3.12. The zero-order chi connectivity index (χ0) is 22.2. The second kappa shape index (κ2) is 8.66. The number of rotatable bonds is 7. The van der Waals surface area contributed by atoms with Gasteiger partial charge in [0, 0.05) is 18.4 Å². The van der Waals surface area contributed by atoms with E-state index < -0.39 is 55.0 Å². The number of fused-ring (bicyclic) bond motifs is 1. The Morgan fingerprint density at radius 3 is 2.50 bits per heavy atom. The predicted molar refractivity (Wildman–Crippen MR) is 101 cm³/mol. The van der Waals surface area contributed by atoms with Crippen molar-refractivity contribution in [2.45, 2.75) is 75.5 Å². The average molecular weight is 428 g/mol. The second-order valence-corrected chi connectivity index (χ2v) is 8.20. The number of aliphatic carboxylic acids is 1. The van der Waals surface area contributed by atoms with Crippen LogP contribution in [0.3, 0.4) is 0 Å². The Balaban J connectivity index is 1.94. The van der Waals surface area contributed by atoms with Crippen LogP contribution < -0.4 is 9.47 Å². The van der Waals surface area contributed by atoms with Crippen molar-refractivity contribution >= 4 is 5.97 Å². The fourth-order valence-electron chi connectivity index (χ4n) is 3.60. The SMILES string of the molecule is CC(C)(O)C1Cc2c(ccc(CCC(=O)O)c2O[C@@H]2O[C@H](CO)[C@@H](O)[C@H](O)[C@H]2O)O1. The first kappa shape index (κ1) is 22.7. The fourth-order valence-corrected chi connectivity index (χ4v) is 3.60. The quantitative estimate of drug-likeness (QED) is 0.316. The highest BCUT2D eigenvalue weighted by molar-refractivity contribution is 5.67. The van der Waals surface area contributed by atoms with Gasteiger partial charge in [-0.05, 0) is 31.9 Å². The number of carboxylic acids is 1. The largest absolute Gasteiger partial charge is 0.487 e. The topological polar surface area (TPSA) is 166 Å². The smallest absolute Gasteiger partial charge is 0.303 e. The highest BCUT2D eigenvalue weighted by Crippen LogP contribution is 2.42. The Kier molecular flexibility index (Phi) is 6.56. The van der Waals surface area contributed by atoms with Crippen molar-refractivity contribution in [3.8, 4) is 11.5 Å². The Bertz CT molecular complexity index is 772. The first-order valence-corrected chi connectivity index (χ1v) is 9.75. The van der Waals surface area contributed by atoms with Crippen LogP contribution in [0.5, 0.6) is 11.5 Å². The second-order valence-electron chi connectivity index (χ2n) is 8.20. The van der Waals surface area contributed by atoms with Crippen molar-refractivity contribution in [3.63, 3.8) is 0 Å². The van der Waals surface area contributed by atoms with Crippen molar-refractivity contribution in [2.75, 3.05) is 6.61 Å². The molecule has 1 aromatic rings. The van der Waals surface area contributed by atoms with Gasteiger partial charge in [0.1, 0.15) is 42.0 Å². The van der Waals surface area contributed by atoms with Gasteiger partial charge in [0.25, 0.3) is 0 Å². The molecule has 6 atom stereocenters. The molecule has 1 aromatic carbocycles. The maximum absolute atomic E-state index is 11.1. The summed E-state index contributed by atoms with van der Waals surface area (Å²) < 4.78 is 17.1. The molecule has 168 valence electrons. The van der Waals surface area contributed by atoms with Crippen LogP contribution in [0, 0.1) is 0 Å². The number of carbonyl (C=O) groups is 1. The van der Waals surface area contributed by atoms with Crippen molar-refractivity contribution in [3.05, 3.63) is 23.3 Å². The van der Waals surface area contributed by atoms with Gasteiger partial charge in [-0.1, -0.05) is 6.07 Å². The van der Waals surface area contributed by atoms with E-state index in [1.54, 1.807) is 26.0 Å². The molecule has 0 saturated carbocycles. The van der Waals surface area contributed by atoms with Gasteiger partial charge in [0.2, 0.25) is 6.29 Å². The lowest BCUT2D eigenvalue weighted by atomic mass is 9.95. The summed E-state index contributed by atoms with van der Waals surface area (Å²) in [6, 6.07) is 3.30. The van der Waals surface area contributed by atoms with Crippen molar-refractivity contribution < 1.29 is 49.6 Å². The molecule has 10 heteroatoms. The van der Waals surface area contributed by atoms with E-state index in [1.165, 1.54) is 0 Å². The molecule has 1 saturated heterocycles. The summed E-state index contributed by atoms with van der Waals surface area (Å²) in [4.78, 5) is 11.1. The minimum absolute atomic E-state index is 0.128. The lowest BCUT2D eigenvalue weighted by Gasteiger charge is -2.40. The number of hydrogen-bond acceptors (Lipinski definition) is 9. The molecule has 0 aromatic heterocycles. The van der Waals surface area contributed by atoms with Crippen LogP contribution in [0.15, 0.2) is 12.1 Å². The standard InChI is InChI=1S/C20H28O10/c1-20(2,27)13-7-10-11(28-13)5-3-9(4-6-14(22)23)18(10)30-19-17(26)16(25)15(24)12(8-21)29-19/h3,5,12-13,15-17,19,21,24-27H,4,6-8H2,1-2H3,(H,22,23)/t12-,13?,15-,16+,17-,19+/m1/s1. The van der Waals surface area contributed by atoms with Crippen LogP contribution in [0.1, 0.15) is 31.4 Å². The first-order chi connectivity index (χ1) is 14.0. The minimum Gasteiger partial charge on any atom is -0.487 e. The number of aliphatic hydroxyl groups excluding tert-OH is 4. The maximum Gasteiger partial charge on any atom is 0.303 e. The highest BCUT2D eigenvalue weighted by Gasteiger charge is 2.46. The summed E-state index contributed by atoms with van der Waals surface area (Å²) in [6.07, 6.45) is -7.65. The number of aliphatic hydroxyl groups is 5. The lowest BCUT2D eigenvalue weighted by Crippen LogP contribution is -2.60. The van der Waals surface area contributed by atoms with Crippen LogP contribution in [-0.4, -0.2) is 85.6 Å². The molecule has 2 heterocycles. The van der Waals surface area contributed by atoms with Crippen LogP contribution in [0.25, 0.3) is 0 Å². The summed E-state index contributed by atoms with van der Waals surface area (Å²) in [5, 5.41) is 59.1. The lowest BCUT2D eigenvalue weighted by molar-refractivity contribution is -0.277. The van der Waals surface area contributed by atoms with Gasteiger partial charge in [-0.25, -0.2) is 0 Å². The van der Waals surface area contributed by atoms with Crippen molar-refractivity contribution in [2.24, 2.45) is 0 Å². The molecule has 3 rings (SSSR count). The molecule has 30 heavy (non-hydrogen) atoms. The number of benzene rings is 1. The Morgan fingerprint density at radius 2 is 1.90 bits per heavy atom. The summed E-state index contributed by atoms with van der Waals surface area (Å²) in [6.45, 7) is 2.60. The number of hydrogen-bond donors (Lipinski definition) is 6. The Morgan fingerprint density at radius 1 is 1.20 bits per heavy atom. The fraction of sp³-hybridized carbons (Fsp3) is 0.650. The van der Waals surface area contributed by atoms with E-state index >= 15 is 0 Å². The normalized spacial score (nSPS) is 31.2. The van der Waals surface area contributed by atoms with Gasteiger partial charge in [0.15, 0.2) is 0 Å². The first-order valence-electron chi connectivity index (χ1n) is 9.75. The number of ether oxygens (including phenoxy) is 3. The van der Waals surface area contributed by atoms with E-state index in [2.05, 4.69) is 0 Å². The van der Waals surface area contributed by atoms with E-state index in [0.717, 1.165) is 0 Å². The third-order valence-electron chi connectivity index (χ3n) is 5.44. The third kappa shape index (κ3) is 4.53. The monoisotopic (exact) mass is 428 g/mol. The third-order valence-corrected chi connectivity index (χ3v) is 5.44. The molecule has 10 nitrogen and oxygen atoms in total. The summed E-state index contributed by atoms with van der Waals surface area (Å²) in [5.74, 6) is -0.328. The molecule has 2 aliphatic rings. The minimum atomic E-state index is -1.61. The van der Waals surface area contributed by atoms with Crippen LogP contribution in [0.4, 0.5) is 0 Å². The molecule has 1 fully saturated rings. The zero-order valence-electron chi connectivity index (χ0n) is 16.8. The van der Waals surface area contributed by atoms with Gasteiger partial charge < -0.3 is 44.8 Å². The Hall–Kier alpha value is -1.95. The van der Waals surface area contributed by atoms with Crippen LogP contribution in [-0.2, 0) is 22.4 Å². The van der Waals surface area contributed by atoms with Crippen molar-refractivity contribution in [1.82, 2.24) is 0 Å². The summed E-state index contributed by atoms with van der Waals surface area (Å²) in [7, 11) is 0. The molecule has 0 amide bonds. The molecule has 6 N–H and O–H groups in total. The van der Waals surface area contributed by atoms with Crippen LogP contribution in [0.2, 0.25) is 0 Å². The number of aryl methyl sites for hydroxylation is 1. The number of carboxylic acid groups (broad SMARTS) is 1. The summed E-state index contributed by atoms with van der Waals surface area (Å²) in [5.41, 5.74) is -0.0595. The van der Waals surface area contributed by atoms with E-state index in [1.807, 2.05) is 0 Å². The molecule has 0 aliphatic carbocycles. The van der Waals surface area contributed by atoms with Crippen LogP contribution >= 0.6 is 0 Å². The molecule has 0 bridgehead atoms. The Labute approximate surface area is 173 Å². The molecule has 2 aliphatic heterocycles. The van der Waals surface area contributed by atoms with E-state index in [0.29, 0.717) is 16.9 Å². The molecular weight excluding hydrogens is 400 g/mol. The van der Waals surface area contributed by atoms with E-state index in [9.17, 15) is 30.3 Å². The molecule has 1 unspecified atom stereocenters.